The monoisotopic (exact) mass is 344 g/mol. The third-order valence-corrected chi connectivity index (χ3v) is 6.11. The third kappa shape index (κ3) is 3.34. The molecule has 1 saturated heterocycles. The number of hydrogen-bond acceptors (Lipinski definition) is 3. The molecule has 3 rings (SSSR count). The highest BCUT2D eigenvalue weighted by Crippen LogP contribution is 2.20. The highest BCUT2D eigenvalue weighted by atomic mass is 32.2. The van der Waals surface area contributed by atoms with Crippen molar-refractivity contribution in [2.24, 2.45) is 0 Å². The van der Waals surface area contributed by atoms with Crippen molar-refractivity contribution in [2.75, 3.05) is 13.1 Å². The Labute approximate surface area is 141 Å². The van der Waals surface area contributed by atoms with Gasteiger partial charge in [-0.3, -0.25) is 4.79 Å². The lowest BCUT2D eigenvalue weighted by Gasteiger charge is -2.16. The molecule has 2 aromatic rings. The SMILES string of the molecule is C=Cc1ccc(Cn2cc(S(=O)(=O)N3CCCC3)ccc2=O)cc1. The summed E-state index contributed by atoms with van der Waals surface area (Å²) in [6.45, 7) is 5.13. The first-order valence-electron chi connectivity index (χ1n) is 7.93. The van der Waals surface area contributed by atoms with Crippen molar-refractivity contribution in [3.8, 4) is 0 Å². The molecule has 0 atom stereocenters. The standard InChI is InChI=1S/C18H20N2O3S/c1-2-15-5-7-16(8-6-15)13-19-14-17(9-10-18(19)21)24(22,23)20-11-3-4-12-20/h2,5-10,14H,1,3-4,11-13H2. The molecule has 0 bridgehead atoms. The smallest absolute Gasteiger partial charge is 0.250 e. The molecular weight excluding hydrogens is 324 g/mol. The molecule has 0 amide bonds. The Kier molecular flexibility index (Phi) is 4.69. The summed E-state index contributed by atoms with van der Waals surface area (Å²) >= 11 is 0. The predicted octanol–water partition coefficient (Wildman–Crippen LogP) is 2.32. The Balaban J connectivity index is 1.91. The molecule has 0 unspecified atom stereocenters. The van der Waals surface area contributed by atoms with E-state index in [2.05, 4.69) is 6.58 Å². The van der Waals surface area contributed by atoms with Crippen LogP contribution in [0.5, 0.6) is 0 Å². The van der Waals surface area contributed by atoms with Gasteiger partial charge in [-0.05, 0) is 30.0 Å². The van der Waals surface area contributed by atoms with Gasteiger partial charge < -0.3 is 4.57 Å². The maximum atomic E-state index is 12.6. The van der Waals surface area contributed by atoms with Gasteiger partial charge in [0.1, 0.15) is 0 Å². The van der Waals surface area contributed by atoms with Gasteiger partial charge in [-0.2, -0.15) is 4.31 Å². The van der Waals surface area contributed by atoms with Crippen LogP contribution in [0.1, 0.15) is 24.0 Å². The Bertz CT molecular complexity index is 893. The number of pyridine rings is 1. The summed E-state index contributed by atoms with van der Waals surface area (Å²) in [6.07, 6.45) is 4.96. The van der Waals surface area contributed by atoms with Gasteiger partial charge in [-0.25, -0.2) is 8.42 Å². The number of benzene rings is 1. The lowest BCUT2D eigenvalue weighted by atomic mass is 10.1. The van der Waals surface area contributed by atoms with Crippen LogP contribution in [-0.4, -0.2) is 30.4 Å². The molecule has 0 spiro atoms. The lowest BCUT2D eigenvalue weighted by molar-refractivity contribution is 0.476. The lowest BCUT2D eigenvalue weighted by Crippen LogP contribution is -2.29. The fourth-order valence-corrected chi connectivity index (χ4v) is 4.36. The fourth-order valence-electron chi connectivity index (χ4n) is 2.82. The first-order valence-corrected chi connectivity index (χ1v) is 9.37. The molecule has 0 aliphatic carbocycles. The minimum atomic E-state index is -3.52. The highest BCUT2D eigenvalue weighted by Gasteiger charge is 2.27. The molecule has 6 heteroatoms. The minimum absolute atomic E-state index is 0.173. The van der Waals surface area contributed by atoms with Crippen LogP contribution in [0.4, 0.5) is 0 Å². The molecule has 1 aliphatic heterocycles. The highest BCUT2D eigenvalue weighted by molar-refractivity contribution is 7.89. The summed E-state index contributed by atoms with van der Waals surface area (Å²) in [4.78, 5) is 12.3. The molecule has 1 aliphatic rings. The van der Waals surface area contributed by atoms with Crippen LogP contribution in [-0.2, 0) is 16.6 Å². The second-order valence-electron chi connectivity index (χ2n) is 5.89. The summed E-state index contributed by atoms with van der Waals surface area (Å²) in [5.41, 5.74) is 1.71. The van der Waals surface area contributed by atoms with Crippen molar-refractivity contribution < 1.29 is 8.42 Å². The molecule has 1 aromatic carbocycles. The molecule has 1 aromatic heterocycles. The fraction of sp³-hybridized carbons (Fsp3) is 0.278. The Morgan fingerprint density at radius 3 is 2.33 bits per heavy atom. The van der Waals surface area contributed by atoms with Crippen LogP contribution in [0, 0.1) is 0 Å². The van der Waals surface area contributed by atoms with Gasteiger partial charge in [0.2, 0.25) is 10.0 Å². The van der Waals surface area contributed by atoms with Crippen molar-refractivity contribution in [2.45, 2.75) is 24.3 Å². The summed E-state index contributed by atoms with van der Waals surface area (Å²) in [5.74, 6) is 0. The quantitative estimate of drug-likeness (QED) is 0.836. The van der Waals surface area contributed by atoms with E-state index in [1.165, 1.54) is 27.2 Å². The van der Waals surface area contributed by atoms with Crippen molar-refractivity contribution in [3.63, 3.8) is 0 Å². The van der Waals surface area contributed by atoms with Crippen LogP contribution in [0.3, 0.4) is 0 Å². The van der Waals surface area contributed by atoms with E-state index in [0.717, 1.165) is 24.0 Å². The number of rotatable bonds is 5. The van der Waals surface area contributed by atoms with E-state index < -0.39 is 10.0 Å². The van der Waals surface area contributed by atoms with Crippen LogP contribution >= 0.6 is 0 Å². The van der Waals surface area contributed by atoms with Crippen molar-refractivity contribution in [1.82, 2.24) is 8.87 Å². The molecule has 0 radical (unpaired) electrons. The second kappa shape index (κ2) is 6.75. The molecular formula is C18H20N2O3S. The number of nitrogens with zero attached hydrogens (tertiary/aromatic N) is 2. The Morgan fingerprint density at radius 1 is 1.04 bits per heavy atom. The van der Waals surface area contributed by atoms with Gasteiger partial charge >= 0.3 is 0 Å². The van der Waals surface area contributed by atoms with E-state index in [1.54, 1.807) is 6.08 Å². The van der Waals surface area contributed by atoms with Crippen molar-refractivity contribution in [1.29, 1.82) is 0 Å². The molecule has 5 nitrogen and oxygen atoms in total. The minimum Gasteiger partial charge on any atom is -0.310 e. The first-order chi connectivity index (χ1) is 11.5. The summed E-state index contributed by atoms with van der Waals surface area (Å²) < 4.78 is 28.2. The van der Waals surface area contributed by atoms with Crippen LogP contribution < -0.4 is 5.56 Å². The van der Waals surface area contributed by atoms with E-state index in [0.29, 0.717) is 19.6 Å². The van der Waals surface area contributed by atoms with Crippen molar-refractivity contribution in [3.05, 3.63) is 70.7 Å². The van der Waals surface area contributed by atoms with E-state index in [-0.39, 0.29) is 10.5 Å². The average Bonchev–Trinajstić information content (AvgIpc) is 3.13. The van der Waals surface area contributed by atoms with E-state index in [4.69, 9.17) is 0 Å². The molecule has 0 N–H and O–H groups in total. The third-order valence-electron chi connectivity index (χ3n) is 4.23. The zero-order valence-electron chi connectivity index (χ0n) is 13.4. The van der Waals surface area contributed by atoms with Gasteiger partial charge in [0.15, 0.2) is 0 Å². The first kappa shape index (κ1) is 16.7. The molecule has 1 fully saturated rings. The zero-order chi connectivity index (χ0) is 17.2. The largest absolute Gasteiger partial charge is 0.310 e. The average molecular weight is 344 g/mol. The Morgan fingerprint density at radius 2 is 1.71 bits per heavy atom. The number of aromatic nitrogens is 1. The van der Waals surface area contributed by atoms with Crippen LogP contribution in [0.25, 0.3) is 6.08 Å². The number of sulfonamides is 1. The molecule has 0 saturated carbocycles. The Hall–Kier alpha value is -2.18. The summed E-state index contributed by atoms with van der Waals surface area (Å²) in [5, 5.41) is 0. The molecule has 126 valence electrons. The zero-order valence-corrected chi connectivity index (χ0v) is 14.2. The van der Waals surface area contributed by atoms with Gasteiger partial charge in [0.05, 0.1) is 11.4 Å². The van der Waals surface area contributed by atoms with Gasteiger partial charge in [0.25, 0.3) is 5.56 Å². The summed E-state index contributed by atoms with van der Waals surface area (Å²) in [6, 6.07) is 10.4. The van der Waals surface area contributed by atoms with E-state index in [9.17, 15) is 13.2 Å². The summed E-state index contributed by atoms with van der Waals surface area (Å²) in [7, 11) is -3.52. The van der Waals surface area contributed by atoms with Gasteiger partial charge in [-0.15, -0.1) is 0 Å². The van der Waals surface area contributed by atoms with Crippen LogP contribution in [0.15, 0.2) is 58.9 Å². The topological polar surface area (TPSA) is 59.4 Å². The van der Waals surface area contributed by atoms with E-state index in [1.807, 2.05) is 24.3 Å². The van der Waals surface area contributed by atoms with Crippen LogP contribution in [0.2, 0.25) is 0 Å². The maximum absolute atomic E-state index is 12.6. The normalized spacial score (nSPS) is 15.5. The molecule has 24 heavy (non-hydrogen) atoms. The number of hydrogen-bond donors (Lipinski definition) is 0. The van der Waals surface area contributed by atoms with Gasteiger partial charge in [-0.1, -0.05) is 36.9 Å². The second-order valence-corrected chi connectivity index (χ2v) is 7.83. The van der Waals surface area contributed by atoms with Gasteiger partial charge in [0, 0.05) is 25.4 Å². The predicted molar refractivity (Wildman–Crippen MR) is 94.3 cm³/mol. The molecule has 2 heterocycles. The van der Waals surface area contributed by atoms with Crippen molar-refractivity contribution >= 4 is 16.1 Å². The maximum Gasteiger partial charge on any atom is 0.250 e. The van der Waals surface area contributed by atoms with E-state index >= 15 is 0 Å².